The van der Waals surface area contributed by atoms with E-state index in [1.54, 1.807) is 26.1 Å². The summed E-state index contributed by atoms with van der Waals surface area (Å²) in [5, 5.41) is 20.3. The molecule has 0 aliphatic rings. The fourth-order valence-electron chi connectivity index (χ4n) is 4.23. The number of ether oxygens (including phenoxy) is 2. The molecule has 5 aromatic rings. The van der Waals surface area contributed by atoms with E-state index in [4.69, 9.17) is 9.47 Å². The first kappa shape index (κ1) is 27.1. The summed E-state index contributed by atoms with van der Waals surface area (Å²) >= 11 is 0. The average Bonchev–Trinajstić information content (AvgIpc) is 3.33. The monoisotopic (exact) mass is 552 g/mol. The Morgan fingerprint density at radius 1 is 0.878 bits per heavy atom. The largest absolute Gasteiger partial charge is 0.477 e. The van der Waals surface area contributed by atoms with Gasteiger partial charge in [-0.3, -0.25) is 5.32 Å². The molecule has 2 N–H and O–H groups in total. The number of anilines is 1. The van der Waals surface area contributed by atoms with Crippen molar-refractivity contribution in [1.29, 1.82) is 0 Å². The number of carbonyl (C=O) groups is 2. The summed E-state index contributed by atoms with van der Waals surface area (Å²) in [6.07, 6.45) is -1.06. The van der Waals surface area contributed by atoms with Crippen LogP contribution in [0.25, 0.3) is 22.4 Å². The number of rotatable bonds is 8. The number of aromatic nitrogens is 3. The Morgan fingerprint density at radius 2 is 1.51 bits per heavy atom. The fraction of sp³-hybridized carbons (Fsp3) is 0.0968. The Labute approximate surface area is 234 Å². The van der Waals surface area contributed by atoms with Crippen molar-refractivity contribution in [3.05, 3.63) is 114 Å². The molecule has 0 bridgehead atoms. The topological polar surface area (TPSA) is 116 Å². The number of carboxylic acid groups (broad SMARTS) is 1. The normalized spacial score (nSPS) is 11.5. The maximum Gasteiger partial charge on any atom is 0.413 e. The van der Waals surface area contributed by atoms with Crippen molar-refractivity contribution in [2.45, 2.75) is 13.0 Å². The van der Waals surface area contributed by atoms with Crippen molar-refractivity contribution < 1.29 is 28.6 Å². The Kier molecular flexibility index (Phi) is 7.73. The van der Waals surface area contributed by atoms with Crippen molar-refractivity contribution >= 4 is 17.9 Å². The van der Waals surface area contributed by atoms with Gasteiger partial charge in [-0.05, 0) is 47.9 Å². The van der Waals surface area contributed by atoms with Crippen molar-refractivity contribution in [2.75, 3.05) is 5.32 Å². The predicted molar refractivity (Wildman–Crippen MR) is 150 cm³/mol. The standard InChI is InChI=1S/C31H25FN4O5/c1-19(20-7-4-3-5-8-20)40-31(39)33-29-28(34-35-36(29)2)23-13-11-21(12-14-23)22-15-17-24(18-16-22)41-26-10-6-9-25(32)27(26)30(37)38/h3-19H,1-2H3,(H,33,39)(H,37,38)/t19-/m1/s1. The highest BCUT2D eigenvalue weighted by Crippen LogP contribution is 2.31. The van der Waals surface area contributed by atoms with Crippen LogP contribution in [0.1, 0.15) is 28.9 Å². The van der Waals surface area contributed by atoms with Gasteiger partial charge >= 0.3 is 12.1 Å². The predicted octanol–water partition coefficient (Wildman–Crippen LogP) is 7.09. The zero-order chi connectivity index (χ0) is 28.9. The summed E-state index contributed by atoms with van der Waals surface area (Å²) in [5.74, 6) is -1.60. The number of benzene rings is 4. The first-order chi connectivity index (χ1) is 19.8. The summed E-state index contributed by atoms with van der Waals surface area (Å²) in [5.41, 5.74) is 3.34. The van der Waals surface area contributed by atoms with E-state index < -0.39 is 29.5 Å². The van der Waals surface area contributed by atoms with Crippen LogP contribution in [0.4, 0.5) is 15.0 Å². The van der Waals surface area contributed by atoms with E-state index in [0.29, 0.717) is 17.3 Å². The number of nitrogens with zero attached hydrogens (tertiary/aromatic N) is 3. The minimum atomic E-state index is -1.41. The van der Waals surface area contributed by atoms with Crippen LogP contribution in [-0.4, -0.2) is 32.2 Å². The minimum absolute atomic E-state index is 0.0820. The zero-order valence-corrected chi connectivity index (χ0v) is 22.1. The summed E-state index contributed by atoms with van der Waals surface area (Å²) in [7, 11) is 1.67. The Balaban J connectivity index is 1.28. The lowest BCUT2D eigenvalue weighted by molar-refractivity contribution is 0.0688. The van der Waals surface area contributed by atoms with Gasteiger partial charge in [0.05, 0.1) is 0 Å². The van der Waals surface area contributed by atoms with E-state index >= 15 is 0 Å². The van der Waals surface area contributed by atoms with E-state index in [1.165, 1.54) is 16.8 Å². The summed E-state index contributed by atoms with van der Waals surface area (Å²) in [6.45, 7) is 1.80. The van der Waals surface area contributed by atoms with Crippen LogP contribution in [0.5, 0.6) is 11.5 Å². The first-order valence-corrected chi connectivity index (χ1v) is 12.6. The van der Waals surface area contributed by atoms with Gasteiger partial charge in [0, 0.05) is 12.6 Å². The van der Waals surface area contributed by atoms with E-state index in [0.717, 1.165) is 28.3 Å². The average molecular weight is 553 g/mol. The van der Waals surface area contributed by atoms with Crippen LogP contribution >= 0.6 is 0 Å². The van der Waals surface area contributed by atoms with E-state index in [-0.39, 0.29) is 5.75 Å². The molecule has 9 nitrogen and oxygen atoms in total. The molecular weight excluding hydrogens is 527 g/mol. The third-order valence-corrected chi connectivity index (χ3v) is 6.36. The van der Waals surface area contributed by atoms with Gasteiger partial charge in [0.15, 0.2) is 5.82 Å². The van der Waals surface area contributed by atoms with E-state index in [9.17, 15) is 19.1 Å². The van der Waals surface area contributed by atoms with Gasteiger partial charge in [0.25, 0.3) is 0 Å². The molecule has 0 aliphatic heterocycles. The first-order valence-electron chi connectivity index (χ1n) is 12.6. The third-order valence-electron chi connectivity index (χ3n) is 6.36. The fourth-order valence-corrected chi connectivity index (χ4v) is 4.23. The minimum Gasteiger partial charge on any atom is -0.477 e. The number of amides is 1. The smallest absolute Gasteiger partial charge is 0.413 e. The zero-order valence-electron chi connectivity index (χ0n) is 22.1. The van der Waals surface area contributed by atoms with Gasteiger partial charge in [-0.25, -0.2) is 18.7 Å². The molecule has 41 heavy (non-hydrogen) atoms. The molecule has 206 valence electrons. The van der Waals surface area contributed by atoms with Crippen molar-refractivity contribution in [2.24, 2.45) is 7.05 Å². The van der Waals surface area contributed by atoms with Crippen LogP contribution in [0.2, 0.25) is 0 Å². The number of aryl methyl sites for hydroxylation is 1. The molecule has 1 amide bonds. The molecule has 0 radical (unpaired) electrons. The van der Waals surface area contributed by atoms with Crippen LogP contribution < -0.4 is 10.1 Å². The lowest BCUT2D eigenvalue weighted by Gasteiger charge is -2.14. The number of hydrogen-bond donors (Lipinski definition) is 2. The number of aromatic carboxylic acids is 1. The lowest BCUT2D eigenvalue weighted by atomic mass is 10.0. The Bertz CT molecular complexity index is 1690. The molecule has 0 spiro atoms. The molecule has 1 atom stereocenters. The summed E-state index contributed by atoms with van der Waals surface area (Å²) < 4.78 is 26.6. The second-order valence-electron chi connectivity index (χ2n) is 9.12. The summed E-state index contributed by atoms with van der Waals surface area (Å²) in [4.78, 5) is 24.0. The maximum absolute atomic E-state index is 13.9. The van der Waals surface area contributed by atoms with Crippen LogP contribution in [0, 0.1) is 5.82 Å². The summed E-state index contributed by atoms with van der Waals surface area (Å²) in [6, 6.07) is 27.8. The van der Waals surface area contributed by atoms with Crippen LogP contribution in [0.15, 0.2) is 97.1 Å². The van der Waals surface area contributed by atoms with E-state index in [2.05, 4.69) is 15.6 Å². The molecule has 1 aromatic heterocycles. The highest BCUT2D eigenvalue weighted by atomic mass is 19.1. The number of hydrogen-bond acceptors (Lipinski definition) is 6. The Hall–Kier alpha value is -5.51. The molecule has 10 heteroatoms. The molecule has 0 fully saturated rings. The number of carbonyl (C=O) groups excluding carboxylic acids is 1. The number of nitrogens with one attached hydrogen (secondary N) is 1. The second-order valence-corrected chi connectivity index (χ2v) is 9.12. The molecule has 0 unspecified atom stereocenters. The van der Waals surface area contributed by atoms with Gasteiger partial charge in [-0.2, -0.15) is 0 Å². The highest BCUT2D eigenvalue weighted by molar-refractivity contribution is 5.91. The van der Waals surface area contributed by atoms with Gasteiger partial charge in [0.1, 0.15) is 34.7 Å². The third kappa shape index (κ3) is 6.06. The van der Waals surface area contributed by atoms with Crippen LogP contribution in [0.3, 0.4) is 0 Å². The Morgan fingerprint density at radius 3 is 2.17 bits per heavy atom. The molecule has 0 aliphatic carbocycles. The quantitative estimate of drug-likeness (QED) is 0.211. The van der Waals surface area contributed by atoms with Crippen molar-refractivity contribution in [1.82, 2.24) is 15.0 Å². The molecule has 0 saturated heterocycles. The van der Waals surface area contributed by atoms with Crippen LogP contribution in [-0.2, 0) is 11.8 Å². The molecule has 0 saturated carbocycles. The SMILES string of the molecule is C[C@@H](OC(=O)Nc1c(-c2ccc(-c3ccc(Oc4cccc(F)c4C(=O)O)cc3)cc2)nnn1C)c1ccccc1. The molecule has 4 aromatic carbocycles. The van der Waals surface area contributed by atoms with Crippen molar-refractivity contribution in [3.63, 3.8) is 0 Å². The number of carboxylic acids is 1. The molecule has 5 rings (SSSR count). The maximum atomic E-state index is 13.9. The van der Waals surface area contributed by atoms with Gasteiger partial charge < -0.3 is 14.6 Å². The van der Waals surface area contributed by atoms with Gasteiger partial charge in [-0.15, -0.1) is 5.10 Å². The van der Waals surface area contributed by atoms with Gasteiger partial charge in [-0.1, -0.05) is 78.0 Å². The lowest BCUT2D eigenvalue weighted by Crippen LogP contribution is -2.18. The molecule has 1 heterocycles. The second kappa shape index (κ2) is 11.7. The molecular formula is C31H25FN4O5. The highest BCUT2D eigenvalue weighted by Gasteiger charge is 2.19. The number of halogens is 1. The van der Waals surface area contributed by atoms with Gasteiger partial charge in [0.2, 0.25) is 0 Å². The van der Waals surface area contributed by atoms with E-state index in [1.807, 2.05) is 66.7 Å². The van der Waals surface area contributed by atoms with Crippen molar-refractivity contribution in [3.8, 4) is 33.9 Å².